The molecular formula is C24H30N4O5S2. The van der Waals surface area contributed by atoms with Crippen LogP contribution in [0.25, 0.3) is 0 Å². The Morgan fingerprint density at radius 1 is 1.34 bits per heavy atom. The second-order valence-corrected chi connectivity index (χ2v) is 10.7. The van der Waals surface area contributed by atoms with Crippen molar-refractivity contribution in [1.82, 2.24) is 4.68 Å². The molecule has 3 rings (SSSR count). The van der Waals surface area contributed by atoms with Crippen molar-refractivity contribution in [2.75, 3.05) is 34.5 Å². The summed E-state index contributed by atoms with van der Waals surface area (Å²) in [4.78, 5) is 26.5. The van der Waals surface area contributed by atoms with Crippen LogP contribution in [0.1, 0.15) is 37.2 Å². The third-order valence-corrected chi connectivity index (χ3v) is 6.87. The molecule has 2 atom stereocenters. The van der Waals surface area contributed by atoms with Gasteiger partial charge in [0.25, 0.3) is 0 Å². The molecular weight excluding hydrogens is 488 g/mol. The zero-order valence-corrected chi connectivity index (χ0v) is 21.6. The second-order valence-electron chi connectivity index (χ2n) is 8.33. The van der Waals surface area contributed by atoms with Crippen molar-refractivity contribution in [2.24, 2.45) is 5.92 Å². The van der Waals surface area contributed by atoms with Crippen LogP contribution in [0.3, 0.4) is 0 Å². The van der Waals surface area contributed by atoms with Gasteiger partial charge in [0.1, 0.15) is 23.3 Å². The van der Waals surface area contributed by atoms with Crippen LogP contribution in [0.2, 0.25) is 0 Å². The first kappa shape index (κ1) is 26.4. The average molecular weight is 519 g/mol. The SMILES string of the molecule is C=CCOC(=O)c1cccn1N(CCC(C)C)C(=O)CC1=CS(=O)c2cc(NS(C)=O)ccc2N1. The van der Waals surface area contributed by atoms with Crippen molar-refractivity contribution < 1.29 is 22.7 Å². The molecule has 0 radical (unpaired) electrons. The van der Waals surface area contributed by atoms with Crippen molar-refractivity contribution >= 4 is 45.0 Å². The van der Waals surface area contributed by atoms with Gasteiger partial charge in [0.15, 0.2) is 0 Å². The summed E-state index contributed by atoms with van der Waals surface area (Å²) in [6.07, 6.45) is 5.32. The molecule has 0 bridgehead atoms. The highest BCUT2D eigenvalue weighted by molar-refractivity contribution is 7.88. The number of aromatic nitrogens is 1. The summed E-state index contributed by atoms with van der Waals surface area (Å²) in [6, 6.07) is 8.41. The summed E-state index contributed by atoms with van der Waals surface area (Å²) in [5, 5.41) is 6.19. The highest BCUT2D eigenvalue weighted by Crippen LogP contribution is 2.31. The zero-order chi connectivity index (χ0) is 25.5. The minimum absolute atomic E-state index is 0.0401. The van der Waals surface area contributed by atoms with Crippen LogP contribution >= 0.6 is 0 Å². The number of esters is 1. The number of hydrogen-bond donors (Lipinski definition) is 2. The van der Waals surface area contributed by atoms with E-state index in [1.54, 1.807) is 36.5 Å². The van der Waals surface area contributed by atoms with E-state index in [1.807, 2.05) is 0 Å². The Morgan fingerprint density at radius 2 is 2.11 bits per heavy atom. The van der Waals surface area contributed by atoms with E-state index in [9.17, 15) is 18.0 Å². The molecule has 0 spiro atoms. The molecule has 0 fully saturated rings. The van der Waals surface area contributed by atoms with Gasteiger partial charge >= 0.3 is 5.97 Å². The number of amides is 1. The molecule has 0 aliphatic carbocycles. The maximum Gasteiger partial charge on any atom is 0.357 e. The highest BCUT2D eigenvalue weighted by Gasteiger charge is 2.25. The predicted molar refractivity (Wildman–Crippen MR) is 139 cm³/mol. The fourth-order valence-electron chi connectivity index (χ4n) is 3.44. The van der Waals surface area contributed by atoms with Gasteiger partial charge in [-0.25, -0.2) is 18.2 Å². The van der Waals surface area contributed by atoms with Crippen molar-refractivity contribution in [3.63, 3.8) is 0 Å². The molecule has 0 saturated heterocycles. The van der Waals surface area contributed by atoms with E-state index in [-0.39, 0.29) is 24.6 Å². The summed E-state index contributed by atoms with van der Waals surface area (Å²) in [5.41, 5.74) is 1.94. The van der Waals surface area contributed by atoms with Crippen LogP contribution < -0.4 is 15.0 Å². The molecule has 2 heterocycles. The van der Waals surface area contributed by atoms with E-state index in [1.165, 1.54) is 27.4 Å². The van der Waals surface area contributed by atoms with Crippen LogP contribution in [0.4, 0.5) is 11.4 Å². The van der Waals surface area contributed by atoms with Gasteiger partial charge in [-0.2, -0.15) is 0 Å². The van der Waals surface area contributed by atoms with Crippen molar-refractivity contribution in [1.29, 1.82) is 0 Å². The summed E-state index contributed by atoms with van der Waals surface area (Å²) in [5.74, 6) is -0.484. The zero-order valence-electron chi connectivity index (χ0n) is 20.0. The van der Waals surface area contributed by atoms with Gasteiger partial charge in [0, 0.05) is 35.8 Å². The van der Waals surface area contributed by atoms with Crippen LogP contribution in [0.15, 0.2) is 65.2 Å². The molecule has 2 unspecified atom stereocenters. The Labute approximate surface area is 210 Å². The summed E-state index contributed by atoms with van der Waals surface area (Å²) >= 11 is 0. The minimum Gasteiger partial charge on any atom is -0.457 e. The molecule has 1 aliphatic rings. The fourth-order valence-corrected chi connectivity index (χ4v) is 5.01. The number of anilines is 2. The maximum absolute atomic E-state index is 13.4. The molecule has 1 aromatic carbocycles. The summed E-state index contributed by atoms with van der Waals surface area (Å²) in [7, 11) is -2.74. The van der Waals surface area contributed by atoms with Crippen molar-refractivity contribution in [3.8, 4) is 0 Å². The lowest BCUT2D eigenvalue weighted by Crippen LogP contribution is -2.43. The number of nitrogens with one attached hydrogen (secondary N) is 2. The molecule has 9 nitrogen and oxygen atoms in total. The van der Waals surface area contributed by atoms with Gasteiger partial charge in [-0.1, -0.05) is 26.5 Å². The first-order chi connectivity index (χ1) is 16.7. The Hall–Kier alpha value is -3.18. The molecule has 1 aromatic heterocycles. The number of carbonyl (C=O) groups is 2. The molecule has 2 N–H and O–H groups in total. The van der Waals surface area contributed by atoms with E-state index in [2.05, 4.69) is 30.5 Å². The normalized spacial score (nSPS) is 15.4. The predicted octanol–water partition coefficient (Wildman–Crippen LogP) is 3.51. The minimum atomic E-state index is -1.49. The van der Waals surface area contributed by atoms with Gasteiger partial charge < -0.3 is 14.8 Å². The lowest BCUT2D eigenvalue weighted by molar-refractivity contribution is -0.119. The molecule has 11 heteroatoms. The van der Waals surface area contributed by atoms with Gasteiger partial charge in [0.2, 0.25) is 5.91 Å². The number of fused-ring (bicyclic) bond motifs is 1. The fraction of sp³-hybridized carbons (Fsp3) is 0.333. The third kappa shape index (κ3) is 6.92. The van der Waals surface area contributed by atoms with Gasteiger partial charge in [-0.05, 0) is 42.7 Å². The Kier molecular flexibility index (Phi) is 9.05. The van der Waals surface area contributed by atoms with E-state index in [4.69, 9.17) is 4.74 Å². The molecule has 35 heavy (non-hydrogen) atoms. The highest BCUT2D eigenvalue weighted by atomic mass is 32.2. The van der Waals surface area contributed by atoms with E-state index in [0.29, 0.717) is 34.4 Å². The van der Waals surface area contributed by atoms with Crippen molar-refractivity contribution in [3.05, 3.63) is 66.0 Å². The monoisotopic (exact) mass is 518 g/mol. The smallest absolute Gasteiger partial charge is 0.357 e. The van der Waals surface area contributed by atoms with Gasteiger partial charge in [-0.15, -0.1) is 0 Å². The second kappa shape index (κ2) is 12.0. The lowest BCUT2D eigenvalue weighted by atomic mass is 10.1. The molecule has 188 valence electrons. The van der Waals surface area contributed by atoms with Crippen LogP contribution in [-0.4, -0.2) is 44.4 Å². The maximum atomic E-state index is 13.4. The number of rotatable bonds is 11. The van der Waals surface area contributed by atoms with Gasteiger partial charge in [-0.3, -0.25) is 9.47 Å². The summed E-state index contributed by atoms with van der Waals surface area (Å²) in [6.45, 7) is 8.12. The third-order valence-electron chi connectivity index (χ3n) is 5.08. The first-order valence-electron chi connectivity index (χ1n) is 11.1. The van der Waals surface area contributed by atoms with E-state index < -0.39 is 27.8 Å². The summed E-state index contributed by atoms with van der Waals surface area (Å²) < 4.78 is 33.7. The Bertz CT molecular complexity index is 1190. The van der Waals surface area contributed by atoms with E-state index in [0.717, 1.165) is 6.42 Å². The number of nitrogens with zero attached hydrogens (tertiary/aromatic N) is 2. The lowest BCUT2D eigenvalue weighted by Gasteiger charge is -2.28. The van der Waals surface area contributed by atoms with E-state index >= 15 is 0 Å². The van der Waals surface area contributed by atoms with Crippen molar-refractivity contribution in [2.45, 2.75) is 31.6 Å². The largest absolute Gasteiger partial charge is 0.457 e. The average Bonchev–Trinajstić information content (AvgIpc) is 3.27. The molecule has 2 aromatic rings. The quantitative estimate of drug-likeness (QED) is 0.348. The molecule has 1 amide bonds. The van der Waals surface area contributed by atoms with Crippen LogP contribution in [-0.2, 0) is 31.3 Å². The number of ether oxygens (including phenoxy) is 1. The Morgan fingerprint density at radius 3 is 2.80 bits per heavy atom. The number of hydrogen-bond acceptors (Lipinski definition) is 6. The van der Waals surface area contributed by atoms with Gasteiger partial charge in [0.05, 0.1) is 27.8 Å². The Balaban J connectivity index is 1.81. The first-order valence-corrected chi connectivity index (χ1v) is 13.8. The standard InChI is InChI=1S/C24H30N4O5S2/c1-5-13-33-24(30)21-7-6-11-27(21)28(12-10-17(2)3)23(29)15-19-16-35(32)22-14-18(26-34(4)31)8-9-20(22)25-19/h5-9,11,14,16-17,25-26H,1,10,12-13,15H2,2-4H3. The number of benzene rings is 1. The topological polar surface area (TPSA) is 110 Å². The molecule has 1 aliphatic heterocycles. The number of carbonyl (C=O) groups excluding carboxylic acids is 2. The van der Waals surface area contributed by atoms with Crippen LogP contribution in [0, 0.1) is 5.92 Å². The molecule has 0 saturated carbocycles. The van der Waals surface area contributed by atoms with Crippen LogP contribution in [0.5, 0.6) is 0 Å².